The molecule has 3 heteroatoms. The van der Waals surface area contributed by atoms with Gasteiger partial charge >= 0.3 is 0 Å². The Labute approximate surface area is 92.3 Å². The van der Waals surface area contributed by atoms with Gasteiger partial charge in [-0.25, -0.2) is 0 Å². The van der Waals surface area contributed by atoms with Crippen LogP contribution in [0.5, 0.6) is 0 Å². The number of nitrogens with zero attached hydrogens (tertiary/aromatic N) is 2. The maximum Gasteiger partial charge on any atom is 0.0772 e. The molecule has 0 saturated heterocycles. The van der Waals surface area contributed by atoms with E-state index in [1.807, 2.05) is 12.1 Å². The van der Waals surface area contributed by atoms with Crippen molar-refractivity contribution >= 4 is 5.69 Å². The highest BCUT2D eigenvalue weighted by Gasteiger charge is 2.03. The van der Waals surface area contributed by atoms with Crippen LogP contribution in [0.3, 0.4) is 0 Å². The summed E-state index contributed by atoms with van der Waals surface area (Å²) in [4.78, 5) is 6.55. The molecule has 1 aromatic heterocycles. The summed E-state index contributed by atoms with van der Waals surface area (Å²) in [6, 6.07) is 3.78. The second-order valence-electron chi connectivity index (χ2n) is 3.98. The van der Waals surface area contributed by atoms with Crippen LogP contribution in [0.15, 0.2) is 18.3 Å². The molecule has 3 nitrogen and oxygen atoms in total. The minimum absolute atomic E-state index is 0.792. The van der Waals surface area contributed by atoms with Crippen molar-refractivity contribution in [1.82, 2.24) is 9.88 Å². The molecule has 84 valence electrons. The molecule has 1 aromatic rings. The Kier molecular flexibility index (Phi) is 5.12. The van der Waals surface area contributed by atoms with Crippen LogP contribution < -0.4 is 5.73 Å². The van der Waals surface area contributed by atoms with E-state index in [1.54, 1.807) is 6.20 Å². The van der Waals surface area contributed by atoms with Gasteiger partial charge in [-0.05, 0) is 32.1 Å². The Hall–Kier alpha value is -1.09. The van der Waals surface area contributed by atoms with Gasteiger partial charge in [0.15, 0.2) is 0 Å². The number of aromatic nitrogens is 1. The Morgan fingerprint density at radius 1 is 1.40 bits per heavy atom. The van der Waals surface area contributed by atoms with Gasteiger partial charge in [0.25, 0.3) is 0 Å². The van der Waals surface area contributed by atoms with Gasteiger partial charge in [-0.1, -0.05) is 19.8 Å². The fraction of sp³-hybridized carbons (Fsp3) is 0.583. The third-order valence-electron chi connectivity index (χ3n) is 2.49. The third kappa shape index (κ3) is 4.30. The van der Waals surface area contributed by atoms with E-state index < -0.39 is 0 Å². The first kappa shape index (κ1) is 12.0. The standard InChI is InChI=1S/C12H21N3/c1-3-4-5-9-15(2)10-12-11(13)7-6-8-14-12/h6-8H,3-5,9-10,13H2,1-2H3. The summed E-state index contributed by atoms with van der Waals surface area (Å²) in [5.41, 5.74) is 7.61. The van der Waals surface area contributed by atoms with E-state index in [9.17, 15) is 0 Å². The smallest absolute Gasteiger partial charge is 0.0772 e. The van der Waals surface area contributed by atoms with E-state index in [-0.39, 0.29) is 0 Å². The van der Waals surface area contributed by atoms with Gasteiger partial charge in [0.2, 0.25) is 0 Å². The van der Waals surface area contributed by atoms with Crippen molar-refractivity contribution in [2.75, 3.05) is 19.3 Å². The molecule has 1 heterocycles. The molecule has 0 spiro atoms. The molecule has 15 heavy (non-hydrogen) atoms. The van der Waals surface area contributed by atoms with E-state index in [0.29, 0.717) is 0 Å². The molecule has 1 rings (SSSR count). The van der Waals surface area contributed by atoms with Crippen LogP contribution in [-0.4, -0.2) is 23.5 Å². The number of anilines is 1. The van der Waals surface area contributed by atoms with Crippen LogP contribution in [0.25, 0.3) is 0 Å². The minimum Gasteiger partial charge on any atom is -0.397 e. The quantitative estimate of drug-likeness (QED) is 0.728. The van der Waals surface area contributed by atoms with Crippen LogP contribution in [0, 0.1) is 0 Å². The summed E-state index contributed by atoms with van der Waals surface area (Å²) >= 11 is 0. The number of hydrogen-bond acceptors (Lipinski definition) is 3. The molecular formula is C12H21N3. The zero-order valence-electron chi connectivity index (χ0n) is 9.74. The monoisotopic (exact) mass is 207 g/mol. The molecule has 2 N–H and O–H groups in total. The second kappa shape index (κ2) is 6.40. The maximum absolute atomic E-state index is 5.83. The van der Waals surface area contributed by atoms with Crippen molar-refractivity contribution in [2.45, 2.75) is 32.7 Å². The molecular weight excluding hydrogens is 186 g/mol. The van der Waals surface area contributed by atoms with Gasteiger partial charge in [0, 0.05) is 12.7 Å². The number of pyridine rings is 1. The average molecular weight is 207 g/mol. The third-order valence-corrected chi connectivity index (χ3v) is 2.49. The Balaban J connectivity index is 2.37. The van der Waals surface area contributed by atoms with Crippen LogP contribution in [0.1, 0.15) is 31.9 Å². The fourth-order valence-electron chi connectivity index (χ4n) is 1.55. The summed E-state index contributed by atoms with van der Waals surface area (Å²) in [6.07, 6.45) is 5.60. The molecule has 0 atom stereocenters. The Morgan fingerprint density at radius 2 is 2.20 bits per heavy atom. The van der Waals surface area contributed by atoms with Gasteiger partial charge in [-0.3, -0.25) is 4.98 Å². The first-order valence-electron chi connectivity index (χ1n) is 5.62. The molecule has 0 unspecified atom stereocenters. The van der Waals surface area contributed by atoms with Crippen molar-refractivity contribution in [3.63, 3.8) is 0 Å². The Morgan fingerprint density at radius 3 is 2.87 bits per heavy atom. The van der Waals surface area contributed by atoms with Gasteiger partial charge in [-0.2, -0.15) is 0 Å². The van der Waals surface area contributed by atoms with Crippen LogP contribution >= 0.6 is 0 Å². The lowest BCUT2D eigenvalue weighted by atomic mass is 10.2. The van der Waals surface area contributed by atoms with Crippen molar-refractivity contribution in [3.05, 3.63) is 24.0 Å². The molecule has 0 fully saturated rings. The van der Waals surface area contributed by atoms with Crippen LogP contribution in [-0.2, 0) is 6.54 Å². The van der Waals surface area contributed by atoms with Crippen molar-refractivity contribution in [1.29, 1.82) is 0 Å². The predicted molar refractivity (Wildman–Crippen MR) is 64.5 cm³/mol. The van der Waals surface area contributed by atoms with E-state index in [1.165, 1.54) is 19.3 Å². The first-order valence-corrected chi connectivity index (χ1v) is 5.62. The number of nitrogens with two attached hydrogens (primary N) is 1. The average Bonchev–Trinajstić information content (AvgIpc) is 2.22. The largest absolute Gasteiger partial charge is 0.397 e. The van der Waals surface area contributed by atoms with Crippen molar-refractivity contribution in [2.24, 2.45) is 0 Å². The van der Waals surface area contributed by atoms with Crippen molar-refractivity contribution in [3.8, 4) is 0 Å². The number of rotatable bonds is 6. The van der Waals surface area contributed by atoms with E-state index in [4.69, 9.17) is 5.73 Å². The molecule has 0 aliphatic heterocycles. The molecule has 0 bridgehead atoms. The maximum atomic E-state index is 5.83. The number of nitrogen functional groups attached to an aromatic ring is 1. The first-order chi connectivity index (χ1) is 7.24. The van der Waals surface area contributed by atoms with Gasteiger partial charge < -0.3 is 10.6 Å². The summed E-state index contributed by atoms with van der Waals surface area (Å²) in [7, 11) is 2.11. The van der Waals surface area contributed by atoms with E-state index >= 15 is 0 Å². The molecule has 0 aliphatic carbocycles. The summed E-state index contributed by atoms with van der Waals surface area (Å²) in [5, 5.41) is 0. The van der Waals surface area contributed by atoms with Gasteiger partial charge in [0.1, 0.15) is 0 Å². The highest BCUT2D eigenvalue weighted by molar-refractivity contribution is 5.41. The summed E-state index contributed by atoms with van der Waals surface area (Å²) in [6.45, 7) is 4.18. The SMILES string of the molecule is CCCCCN(C)Cc1ncccc1N. The zero-order valence-corrected chi connectivity index (χ0v) is 9.74. The highest BCUT2D eigenvalue weighted by atomic mass is 15.1. The van der Waals surface area contributed by atoms with E-state index in [2.05, 4.69) is 23.9 Å². The molecule has 0 aliphatic rings. The lowest BCUT2D eigenvalue weighted by Gasteiger charge is -2.16. The highest BCUT2D eigenvalue weighted by Crippen LogP contribution is 2.09. The summed E-state index contributed by atoms with van der Waals surface area (Å²) < 4.78 is 0. The second-order valence-corrected chi connectivity index (χ2v) is 3.98. The molecule has 0 radical (unpaired) electrons. The lowest BCUT2D eigenvalue weighted by Crippen LogP contribution is -2.20. The fourth-order valence-corrected chi connectivity index (χ4v) is 1.55. The van der Waals surface area contributed by atoms with Crippen LogP contribution in [0.2, 0.25) is 0 Å². The van der Waals surface area contributed by atoms with Gasteiger partial charge in [0.05, 0.1) is 11.4 Å². The topological polar surface area (TPSA) is 42.2 Å². The lowest BCUT2D eigenvalue weighted by molar-refractivity contribution is 0.315. The van der Waals surface area contributed by atoms with Crippen LogP contribution in [0.4, 0.5) is 5.69 Å². The normalized spacial score (nSPS) is 10.9. The zero-order chi connectivity index (χ0) is 11.1. The molecule has 0 saturated carbocycles. The Bertz CT molecular complexity index is 286. The minimum atomic E-state index is 0.792. The van der Waals surface area contributed by atoms with Gasteiger partial charge in [-0.15, -0.1) is 0 Å². The molecule has 0 aromatic carbocycles. The number of unbranched alkanes of at least 4 members (excludes halogenated alkanes) is 2. The predicted octanol–water partition coefficient (Wildman–Crippen LogP) is 2.29. The van der Waals surface area contributed by atoms with Crippen molar-refractivity contribution < 1.29 is 0 Å². The number of hydrogen-bond donors (Lipinski definition) is 1. The van der Waals surface area contributed by atoms with E-state index in [0.717, 1.165) is 24.5 Å². The summed E-state index contributed by atoms with van der Waals surface area (Å²) in [5.74, 6) is 0. The molecule has 0 amide bonds.